The molecule has 0 radical (unpaired) electrons. The molecule has 12 nitrogen and oxygen atoms in total. The molecule has 8 N–H and O–H groups in total. The van der Waals surface area contributed by atoms with Crippen molar-refractivity contribution in [2.75, 3.05) is 26.8 Å². The number of likely N-dealkylation sites (N-methyl/N-ethyl adjacent to an activating group) is 1. The van der Waals surface area contributed by atoms with Crippen molar-refractivity contribution in [1.29, 1.82) is 0 Å². The van der Waals surface area contributed by atoms with Gasteiger partial charge in [0.2, 0.25) is 5.91 Å². The standard InChI is InChI=1S/C25H49NO11/c1-3-4-5-6-7-8-9-10-11-12-19(30)26(2)13-17(21(32)20(31)16(29)14-27)36-25-24(35)23(34)22(33)18(15-28)37-25/h16-18,20-25,27-29,31-35H,3-15H2,1-2H3/t16?,17-,18+,20+,21-,22+,23-,24+,25+/m0/s1. The number of rotatable bonds is 19. The van der Waals surface area contributed by atoms with E-state index in [4.69, 9.17) is 14.6 Å². The average Bonchev–Trinajstić information content (AvgIpc) is 2.90. The van der Waals surface area contributed by atoms with Crippen LogP contribution in [0.15, 0.2) is 0 Å². The van der Waals surface area contributed by atoms with Gasteiger partial charge < -0.3 is 55.2 Å². The molecule has 0 aromatic carbocycles. The second kappa shape index (κ2) is 18.4. The number of carbonyl (C=O) groups excluding carboxylic acids is 1. The first kappa shape index (κ1) is 34.1. The van der Waals surface area contributed by atoms with Crippen molar-refractivity contribution in [2.24, 2.45) is 0 Å². The lowest BCUT2D eigenvalue weighted by Gasteiger charge is -2.42. The van der Waals surface area contributed by atoms with Crippen LogP contribution in [-0.2, 0) is 14.3 Å². The van der Waals surface area contributed by atoms with Gasteiger partial charge in [0, 0.05) is 20.0 Å². The maximum atomic E-state index is 12.7. The second-order valence-electron chi connectivity index (χ2n) is 9.96. The number of hydrogen-bond acceptors (Lipinski definition) is 11. The summed E-state index contributed by atoms with van der Waals surface area (Å²) in [7, 11) is 1.47. The van der Waals surface area contributed by atoms with Crippen LogP contribution in [0.4, 0.5) is 0 Å². The topological polar surface area (TPSA) is 201 Å². The molecule has 1 heterocycles. The lowest BCUT2D eigenvalue weighted by Crippen LogP contribution is -2.61. The van der Waals surface area contributed by atoms with Gasteiger partial charge in [0.1, 0.15) is 48.8 Å². The number of nitrogens with zero attached hydrogens (tertiary/aromatic N) is 1. The van der Waals surface area contributed by atoms with E-state index < -0.39 is 68.3 Å². The van der Waals surface area contributed by atoms with Gasteiger partial charge in [-0.15, -0.1) is 0 Å². The molecule has 9 atom stereocenters. The van der Waals surface area contributed by atoms with E-state index in [9.17, 15) is 40.5 Å². The highest BCUT2D eigenvalue weighted by Crippen LogP contribution is 2.25. The van der Waals surface area contributed by atoms with Crippen LogP contribution in [0.5, 0.6) is 0 Å². The number of carbonyl (C=O) groups is 1. The third-order valence-electron chi connectivity index (χ3n) is 6.84. The summed E-state index contributed by atoms with van der Waals surface area (Å²) in [4.78, 5) is 13.9. The molecule has 0 aliphatic carbocycles. The summed E-state index contributed by atoms with van der Waals surface area (Å²) in [5, 5.41) is 79.4. The Hall–Kier alpha value is -0.930. The minimum absolute atomic E-state index is 0.241. The smallest absolute Gasteiger partial charge is 0.222 e. The summed E-state index contributed by atoms with van der Waals surface area (Å²) in [6.45, 7) is 0.361. The zero-order valence-electron chi connectivity index (χ0n) is 22.1. The Balaban J connectivity index is 2.71. The first-order valence-electron chi connectivity index (χ1n) is 13.4. The summed E-state index contributed by atoms with van der Waals surface area (Å²) in [5.41, 5.74) is 0. The SMILES string of the molecule is CCCCCCCCCCCC(=O)N(C)C[C@H](O[C@@H]1O[C@H](CO)[C@@H](O)[C@H](O)[C@H]1O)[C@H](O)[C@H](O)C(O)CO. The third-order valence-corrected chi connectivity index (χ3v) is 6.84. The zero-order valence-corrected chi connectivity index (χ0v) is 22.1. The van der Waals surface area contributed by atoms with Gasteiger partial charge in [-0.2, -0.15) is 0 Å². The van der Waals surface area contributed by atoms with Gasteiger partial charge in [-0.3, -0.25) is 4.79 Å². The van der Waals surface area contributed by atoms with Gasteiger partial charge >= 0.3 is 0 Å². The molecule has 1 unspecified atom stereocenters. The summed E-state index contributed by atoms with van der Waals surface area (Å²) < 4.78 is 10.9. The molecule has 1 aliphatic rings. The number of aliphatic hydroxyl groups is 8. The molecule has 0 aromatic rings. The molecule has 0 saturated carbocycles. The Labute approximate surface area is 219 Å². The van der Waals surface area contributed by atoms with E-state index in [1.807, 2.05) is 0 Å². The predicted octanol–water partition coefficient (Wildman–Crippen LogP) is -1.37. The number of ether oxygens (including phenoxy) is 2. The van der Waals surface area contributed by atoms with E-state index in [0.29, 0.717) is 6.42 Å². The van der Waals surface area contributed by atoms with E-state index in [1.165, 1.54) is 44.1 Å². The normalized spacial score (nSPS) is 27.5. The Morgan fingerprint density at radius 1 is 0.865 bits per heavy atom. The molecule has 1 saturated heterocycles. The molecule has 0 bridgehead atoms. The van der Waals surface area contributed by atoms with Gasteiger partial charge in [0.15, 0.2) is 6.29 Å². The molecule has 220 valence electrons. The number of hydrogen-bond donors (Lipinski definition) is 8. The number of unbranched alkanes of at least 4 members (excludes halogenated alkanes) is 8. The van der Waals surface area contributed by atoms with Crippen molar-refractivity contribution < 1.29 is 55.1 Å². The number of amides is 1. The summed E-state index contributed by atoms with van der Waals surface area (Å²) >= 11 is 0. The molecule has 0 aromatic heterocycles. The molecule has 1 aliphatic heterocycles. The zero-order chi connectivity index (χ0) is 28.0. The second-order valence-corrected chi connectivity index (χ2v) is 9.96. The fourth-order valence-electron chi connectivity index (χ4n) is 4.29. The highest BCUT2D eigenvalue weighted by atomic mass is 16.7. The van der Waals surface area contributed by atoms with Crippen molar-refractivity contribution in [1.82, 2.24) is 4.90 Å². The Bertz CT molecular complexity index is 611. The van der Waals surface area contributed by atoms with E-state index in [1.54, 1.807) is 0 Å². The van der Waals surface area contributed by atoms with Crippen LogP contribution in [-0.4, -0.2) is 134 Å². The predicted molar refractivity (Wildman–Crippen MR) is 133 cm³/mol. The minimum atomic E-state index is -1.86. The number of aliphatic hydroxyl groups excluding tert-OH is 8. The van der Waals surface area contributed by atoms with Crippen LogP contribution >= 0.6 is 0 Å². The largest absolute Gasteiger partial charge is 0.394 e. The van der Waals surface area contributed by atoms with Crippen LogP contribution < -0.4 is 0 Å². The highest BCUT2D eigenvalue weighted by molar-refractivity contribution is 5.75. The van der Waals surface area contributed by atoms with Gasteiger partial charge in [0.05, 0.1) is 13.2 Å². The van der Waals surface area contributed by atoms with Gasteiger partial charge in [-0.1, -0.05) is 58.3 Å². The molecule has 0 spiro atoms. The molecular formula is C25H49NO11. The van der Waals surface area contributed by atoms with Crippen LogP contribution in [0.25, 0.3) is 0 Å². The van der Waals surface area contributed by atoms with Crippen molar-refractivity contribution in [3.8, 4) is 0 Å². The van der Waals surface area contributed by atoms with Crippen LogP contribution in [0.2, 0.25) is 0 Å². The van der Waals surface area contributed by atoms with Crippen molar-refractivity contribution in [2.45, 2.75) is 126 Å². The summed E-state index contributed by atoms with van der Waals surface area (Å²) in [6, 6.07) is 0. The van der Waals surface area contributed by atoms with E-state index in [0.717, 1.165) is 19.3 Å². The van der Waals surface area contributed by atoms with Crippen molar-refractivity contribution >= 4 is 5.91 Å². The average molecular weight is 540 g/mol. The first-order chi connectivity index (χ1) is 17.6. The molecular weight excluding hydrogens is 490 g/mol. The lowest BCUT2D eigenvalue weighted by atomic mass is 9.98. The van der Waals surface area contributed by atoms with Crippen molar-refractivity contribution in [3.05, 3.63) is 0 Å². The first-order valence-corrected chi connectivity index (χ1v) is 13.4. The Morgan fingerprint density at radius 3 is 1.97 bits per heavy atom. The maximum Gasteiger partial charge on any atom is 0.222 e. The fraction of sp³-hybridized carbons (Fsp3) is 0.960. The monoisotopic (exact) mass is 539 g/mol. The molecule has 12 heteroatoms. The van der Waals surface area contributed by atoms with E-state index >= 15 is 0 Å². The van der Waals surface area contributed by atoms with E-state index in [2.05, 4.69) is 6.92 Å². The molecule has 37 heavy (non-hydrogen) atoms. The highest BCUT2D eigenvalue weighted by Gasteiger charge is 2.46. The molecule has 1 fully saturated rings. The summed E-state index contributed by atoms with van der Waals surface area (Å²) in [6.07, 6.45) is -4.68. The maximum absolute atomic E-state index is 12.7. The summed E-state index contributed by atoms with van der Waals surface area (Å²) in [5.74, 6) is -0.241. The van der Waals surface area contributed by atoms with E-state index in [-0.39, 0.29) is 18.9 Å². The third kappa shape index (κ3) is 11.4. The minimum Gasteiger partial charge on any atom is -0.394 e. The van der Waals surface area contributed by atoms with Gasteiger partial charge in [0.25, 0.3) is 0 Å². The van der Waals surface area contributed by atoms with Crippen LogP contribution in [0.3, 0.4) is 0 Å². The molecule has 1 amide bonds. The van der Waals surface area contributed by atoms with Crippen LogP contribution in [0.1, 0.15) is 71.1 Å². The quantitative estimate of drug-likeness (QED) is 0.0900. The van der Waals surface area contributed by atoms with Gasteiger partial charge in [-0.25, -0.2) is 0 Å². The van der Waals surface area contributed by atoms with Crippen LogP contribution in [0, 0.1) is 0 Å². The fourth-order valence-corrected chi connectivity index (χ4v) is 4.29. The Morgan fingerprint density at radius 2 is 1.43 bits per heavy atom. The lowest BCUT2D eigenvalue weighted by molar-refractivity contribution is -0.320. The molecule has 1 rings (SSSR count). The van der Waals surface area contributed by atoms with Gasteiger partial charge in [-0.05, 0) is 6.42 Å². The van der Waals surface area contributed by atoms with Crippen molar-refractivity contribution in [3.63, 3.8) is 0 Å². The Kier molecular flexibility index (Phi) is 16.9.